The van der Waals surface area contributed by atoms with E-state index in [0.717, 1.165) is 11.3 Å². The van der Waals surface area contributed by atoms with E-state index in [1.165, 1.54) is 34.6 Å². The lowest BCUT2D eigenvalue weighted by Crippen LogP contribution is -1.91. The van der Waals surface area contributed by atoms with Crippen LogP contribution in [0.2, 0.25) is 0 Å². The first kappa shape index (κ1) is 16.9. The molecular weight excluding hydrogens is 333 g/mol. The summed E-state index contributed by atoms with van der Waals surface area (Å²) in [4.78, 5) is 4.58. The first-order chi connectivity index (χ1) is 12.1. The lowest BCUT2D eigenvalue weighted by molar-refractivity contribution is 0.628. The van der Waals surface area contributed by atoms with Crippen LogP contribution >= 0.6 is 11.3 Å². The van der Waals surface area contributed by atoms with Crippen molar-refractivity contribution < 1.29 is 4.39 Å². The van der Waals surface area contributed by atoms with Gasteiger partial charge in [0.05, 0.1) is 5.69 Å². The summed E-state index contributed by atoms with van der Waals surface area (Å²) in [6.45, 7) is 4.14. The Bertz CT molecular complexity index is 965. The molecule has 0 unspecified atom stereocenters. The van der Waals surface area contributed by atoms with Gasteiger partial charge in [0.2, 0.25) is 0 Å². The molecule has 0 bridgehead atoms. The fourth-order valence-electron chi connectivity index (χ4n) is 2.27. The molecule has 0 fully saturated rings. The van der Waals surface area contributed by atoms with Crippen LogP contribution in [0.25, 0.3) is 16.8 Å². The normalized spacial score (nSPS) is 11.2. The van der Waals surface area contributed by atoms with Crippen LogP contribution < -0.4 is 5.32 Å². The maximum Gasteiger partial charge on any atom is 0.136 e. The number of anilines is 1. The van der Waals surface area contributed by atoms with Crippen LogP contribution in [0.5, 0.6) is 0 Å². The first-order valence-corrected chi connectivity index (χ1v) is 8.60. The SMILES string of the molecule is Cc1ccc(-c2csc(C(C#N)=CNc3ccc(F)cc3)n2)cc1C. The minimum Gasteiger partial charge on any atom is -0.360 e. The molecular formula is C20H16FN3S. The van der Waals surface area contributed by atoms with Gasteiger partial charge < -0.3 is 5.32 Å². The predicted molar refractivity (Wildman–Crippen MR) is 101 cm³/mol. The number of allylic oxidation sites excluding steroid dienone is 1. The Morgan fingerprint density at radius 1 is 1.16 bits per heavy atom. The van der Waals surface area contributed by atoms with E-state index in [2.05, 4.69) is 42.4 Å². The average molecular weight is 349 g/mol. The van der Waals surface area contributed by atoms with E-state index in [4.69, 9.17) is 0 Å². The monoisotopic (exact) mass is 349 g/mol. The van der Waals surface area contributed by atoms with E-state index in [0.29, 0.717) is 16.3 Å². The highest BCUT2D eigenvalue weighted by atomic mass is 32.1. The van der Waals surface area contributed by atoms with Crippen molar-refractivity contribution in [2.24, 2.45) is 0 Å². The molecule has 3 rings (SSSR count). The number of nitrogens with one attached hydrogen (secondary N) is 1. The summed E-state index contributed by atoms with van der Waals surface area (Å²) >= 11 is 1.42. The maximum absolute atomic E-state index is 12.9. The van der Waals surface area contributed by atoms with Crippen molar-refractivity contribution in [3.8, 4) is 17.3 Å². The Morgan fingerprint density at radius 2 is 1.92 bits per heavy atom. The van der Waals surface area contributed by atoms with Gasteiger partial charge in [-0.05, 0) is 55.3 Å². The molecule has 5 heteroatoms. The molecule has 0 atom stereocenters. The van der Waals surface area contributed by atoms with Crippen LogP contribution in [-0.2, 0) is 0 Å². The van der Waals surface area contributed by atoms with Gasteiger partial charge in [-0.2, -0.15) is 5.26 Å². The zero-order valence-corrected chi connectivity index (χ0v) is 14.7. The van der Waals surface area contributed by atoms with E-state index < -0.39 is 0 Å². The number of thiazole rings is 1. The topological polar surface area (TPSA) is 48.7 Å². The standard InChI is InChI=1S/C20H16FN3S/c1-13-3-4-15(9-14(13)2)19-12-25-20(24-19)16(10-22)11-23-18-7-5-17(21)6-8-18/h3-9,11-12,23H,1-2H3. The highest BCUT2D eigenvalue weighted by Crippen LogP contribution is 2.27. The largest absolute Gasteiger partial charge is 0.360 e. The molecule has 0 aliphatic heterocycles. The molecule has 3 aromatic rings. The van der Waals surface area contributed by atoms with Crippen LogP contribution in [0.1, 0.15) is 16.1 Å². The molecule has 0 aliphatic carbocycles. The quantitative estimate of drug-likeness (QED) is 0.629. The van der Waals surface area contributed by atoms with Crippen molar-refractivity contribution in [2.45, 2.75) is 13.8 Å². The molecule has 1 aromatic heterocycles. The highest BCUT2D eigenvalue weighted by Gasteiger charge is 2.09. The molecule has 1 N–H and O–H groups in total. The zero-order valence-electron chi connectivity index (χ0n) is 13.9. The molecule has 25 heavy (non-hydrogen) atoms. The summed E-state index contributed by atoms with van der Waals surface area (Å²) in [7, 11) is 0. The van der Waals surface area contributed by atoms with E-state index >= 15 is 0 Å². The summed E-state index contributed by atoms with van der Waals surface area (Å²) in [5.74, 6) is -0.298. The summed E-state index contributed by atoms with van der Waals surface area (Å²) in [5.41, 5.74) is 5.48. The van der Waals surface area contributed by atoms with Crippen molar-refractivity contribution in [2.75, 3.05) is 5.32 Å². The van der Waals surface area contributed by atoms with Gasteiger partial charge in [0.15, 0.2) is 0 Å². The molecule has 0 radical (unpaired) electrons. The average Bonchev–Trinajstić information content (AvgIpc) is 3.09. The van der Waals surface area contributed by atoms with E-state index in [1.807, 2.05) is 11.4 Å². The third-order valence-corrected chi connectivity index (χ3v) is 4.76. The lowest BCUT2D eigenvalue weighted by Gasteiger charge is -2.02. The molecule has 0 amide bonds. The number of aromatic nitrogens is 1. The van der Waals surface area contributed by atoms with Crippen LogP contribution in [0.15, 0.2) is 54.0 Å². The second-order valence-corrected chi connectivity index (χ2v) is 6.52. The summed E-state index contributed by atoms with van der Waals surface area (Å²) in [6, 6.07) is 14.3. The summed E-state index contributed by atoms with van der Waals surface area (Å²) in [5, 5.41) is 15.0. The Labute approximate surface area is 150 Å². The van der Waals surface area contributed by atoms with Gasteiger partial charge in [0.25, 0.3) is 0 Å². The van der Waals surface area contributed by atoms with Crippen molar-refractivity contribution in [3.05, 3.63) is 76.0 Å². The smallest absolute Gasteiger partial charge is 0.136 e. The van der Waals surface area contributed by atoms with Crippen LogP contribution in [0.3, 0.4) is 0 Å². The molecule has 2 aromatic carbocycles. The highest BCUT2D eigenvalue weighted by molar-refractivity contribution is 7.11. The second kappa shape index (κ2) is 7.29. The fraction of sp³-hybridized carbons (Fsp3) is 0.100. The van der Waals surface area contributed by atoms with E-state index in [1.54, 1.807) is 18.3 Å². The summed E-state index contributed by atoms with van der Waals surface area (Å²) < 4.78 is 12.9. The number of nitrogens with zero attached hydrogens (tertiary/aromatic N) is 2. The molecule has 3 nitrogen and oxygen atoms in total. The molecule has 0 saturated heterocycles. The number of rotatable bonds is 4. The lowest BCUT2D eigenvalue weighted by atomic mass is 10.1. The molecule has 0 spiro atoms. The zero-order chi connectivity index (χ0) is 17.8. The number of benzene rings is 2. The van der Waals surface area contributed by atoms with Gasteiger partial charge >= 0.3 is 0 Å². The Hall–Kier alpha value is -2.97. The first-order valence-electron chi connectivity index (χ1n) is 7.73. The number of nitriles is 1. The van der Waals surface area contributed by atoms with Gasteiger partial charge in [-0.15, -0.1) is 11.3 Å². The maximum atomic E-state index is 12.9. The fourth-order valence-corrected chi connectivity index (χ4v) is 3.07. The van der Waals surface area contributed by atoms with Gasteiger partial charge in [0.1, 0.15) is 22.5 Å². The molecule has 0 saturated carbocycles. The Kier molecular flexibility index (Phi) is 4.92. The van der Waals surface area contributed by atoms with Crippen LogP contribution in [-0.4, -0.2) is 4.98 Å². The van der Waals surface area contributed by atoms with Crippen LogP contribution in [0, 0.1) is 31.0 Å². The molecule has 124 valence electrons. The van der Waals surface area contributed by atoms with Gasteiger partial charge in [-0.1, -0.05) is 12.1 Å². The molecule has 0 aliphatic rings. The van der Waals surface area contributed by atoms with E-state index in [9.17, 15) is 9.65 Å². The number of hydrogen-bond donors (Lipinski definition) is 1. The van der Waals surface area contributed by atoms with Gasteiger partial charge in [-0.25, -0.2) is 9.37 Å². The van der Waals surface area contributed by atoms with Crippen molar-refractivity contribution in [1.82, 2.24) is 4.98 Å². The van der Waals surface area contributed by atoms with E-state index in [-0.39, 0.29) is 5.82 Å². The van der Waals surface area contributed by atoms with Crippen molar-refractivity contribution >= 4 is 22.6 Å². The number of halogens is 1. The third kappa shape index (κ3) is 3.93. The second-order valence-electron chi connectivity index (χ2n) is 5.66. The van der Waals surface area contributed by atoms with Gasteiger partial charge in [0, 0.05) is 22.8 Å². The molecule has 1 heterocycles. The minimum atomic E-state index is -0.298. The Morgan fingerprint density at radius 3 is 2.60 bits per heavy atom. The van der Waals surface area contributed by atoms with Gasteiger partial charge in [-0.3, -0.25) is 0 Å². The van der Waals surface area contributed by atoms with Crippen LogP contribution in [0.4, 0.5) is 10.1 Å². The third-order valence-electron chi connectivity index (χ3n) is 3.89. The minimum absolute atomic E-state index is 0.298. The van der Waals surface area contributed by atoms with Crippen molar-refractivity contribution in [1.29, 1.82) is 5.26 Å². The number of aryl methyl sites for hydroxylation is 2. The number of hydrogen-bond acceptors (Lipinski definition) is 4. The Balaban J connectivity index is 1.83. The summed E-state index contributed by atoms with van der Waals surface area (Å²) in [6.07, 6.45) is 1.59. The van der Waals surface area contributed by atoms with Crippen molar-refractivity contribution in [3.63, 3.8) is 0 Å². The predicted octanol–water partition coefficient (Wildman–Crippen LogP) is 5.54.